The van der Waals surface area contributed by atoms with Crippen molar-refractivity contribution in [1.29, 1.82) is 0 Å². The third kappa shape index (κ3) is 2.76. The quantitative estimate of drug-likeness (QED) is 0.483. The van der Waals surface area contributed by atoms with Crippen molar-refractivity contribution in [2.24, 2.45) is 0 Å². The lowest BCUT2D eigenvalue weighted by Crippen LogP contribution is -2.17. The van der Waals surface area contributed by atoms with Crippen LogP contribution in [-0.2, 0) is 0 Å². The van der Waals surface area contributed by atoms with Crippen molar-refractivity contribution in [3.8, 4) is 11.5 Å². The van der Waals surface area contributed by atoms with Gasteiger partial charge in [-0.1, -0.05) is 6.92 Å². The van der Waals surface area contributed by atoms with Gasteiger partial charge in [0, 0.05) is 16.9 Å². The molecule has 0 N–H and O–H groups in total. The number of ether oxygens (including phenoxy) is 2. The van der Waals surface area contributed by atoms with E-state index in [1.165, 1.54) is 6.07 Å². The molecule has 2 unspecified atom stereocenters. The molecule has 0 bridgehead atoms. The molecule has 19 heavy (non-hydrogen) atoms. The molecule has 1 aromatic rings. The lowest BCUT2D eigenvalue weighted by atomic mass is 9.91. The molecule has 0 fully saturated rings. The van der Waals surface area contributed by atoms with Crippen molar-refractivity contribution in [3.63, 3.8) is 0 Å². The van der Waals surface area contributed by atoms with E-state index in [0.717, 1.165) is 6.42 Å². The van der Waals surface area contributed by atoms with Crippen molar-refractivity contribution in [2.75, 3.05) is 13.2 Å². The Balaban J connectivity index is 2.53. The van der Waals surface area contributed by atoms with Gasteiger partial charge in [-0.05, 0) is 19.4 Å². The van der Waals surface area contributed by atoms with Crippen LogP contribution in [0.4, 0.5) is 5.69 Å². The van der Waals surface area contributed by atoms with Gasteiger partial charge in [-0.3, -0.25) is 10.1 Å². The van der Waals surface area contributed by atoms with Gasteiger partial charge in [-0.15, -0.1) is 11.6 Å². The molecule has 0 amide bonds. The summed E-state index contributed by atoms with van der Waals surface area (Å²) in [6.07, 6.45) is 0.727. The van der Waals surface area contributed by atoms with Gasteiger partial charge in [0.2, 0.25) is 0 Å². The topological polar surface area (TPSA) is 61.6 Å². The van der Waals surface area contributed by atoms with Crippen LogP contribution in [0.1, 0.15) is 31.7 Å². The van der Waals surface area contributed by atoms with Gasteiger partial charge in [0.25, 0.3) is 5.69 Å². The van der Waals surface area contributed by atoms with Gasteiger partial charge in [-0.2, -0.15) is 0 Å². The first-order chi connectivity index (χ1) is 9.04. The highest BCUT2D eigenvalue weighted by molar-refractivity contribution is 6.20. The highest BCUT2D eigenvalue weighted by Gasteiger charge is 2.28. The van der Waals surface area contributed by atoms with Crippen LogP contribution in [0.2, 0.25) is 0 Å². The van der Waals surface area contributed by atoms with E-state index in [2.05, 4.69) is 0 Å². The van der Waals surface area contributed by atoms with E-state index in [9.17, 15) is 10.1 Å². The predicted molar refractivity (Wildman–Crippen MR) is 72.4 cm³/mol. The van der Waals surface area contributed by atoms with Crippen molar-refractivity contribution in [3.05, 3.63) is 27.8 Å². The fraction of sp³-hybridized carbons (Fsp3) is 0.538. The molecule has 104 valence electrons. The number of hydrogen-bond donors (Lipinski definition) is 0. The maximum Gasteiger partial charge on any atom is 0.276 e. The highest BCUT2D eigenvalue weighted by atomic mass is 35.5. The molecule has 1 aromatic carbocycles. The van der Waals surface area contributed by atoms with Crippen molar-refractivity contribution in [1.82, 2.24) is 0 Å². The Morgan fingerprint density at radius 3 is 2.42 bits per heavy atom. The van der Waals surface area contributed by atoms with Crippen LogP contribution in [0, 0.1) is 10.1 Å². The van der Waals surface area contributed by atoms with Crippen LogP contribution in [-0.4, -0.2) is 23.5 Å². The van der Waals surface area contributed by atoms with E-state index < -0.39 is 4.92 Å². The van der Waals surface area contributed by atoms with E-state index in [1.54, 1.807) is 6.07 Å². The number of nitro benzene ring substituents is 1. The van der Waals surface area contributed by atoms with Crippen LogP contribution >= 0.6 is 11.6 Å². The zero-order chi connectivity index (χ0) is 14.0. The Bertz CT molecular complexity index is 490. The second-order valence-electron chi connectivity index (χ2n) is 4.50. The summed E-state index contributed by atoms with van der Waals surface area (Å²) in [4.78, 5) is 10.8. The standard InChI is InChI=1S/C13H16ClNO4/c1-3-9(8(2)14)10-6-12-13(19-5-4-18-12)7-11(10)15(16)17/h6-9H,3-5H2,1-2H3. The lowest BCUT2D eigenvalue weighted by Gasteiger charge is -2.22. The largest absolute Gasteiger partial charge is 0.486 e. The van der Waals surface area contributed by atoms with Crippen molar-refractivity contribution in [2.45, 2.75) is 31.6 Å². The van der Waals surface area contributed by atoms with Crippen LogP contribution in [0.5, 0.6) is 11.5 Å². The zero-order valence-corrected chi connectivity index (χ0v) is 11.6. The van der Waals surface area contributed by atoms with Crippen molar-refractivity contribution < 1.29 is 14.4 Å². The molecule has 0 saturated heterocycles. The van der Waals surface area contributed by atoms with Crippen molar-refractivity contribution >= 4 is 17.3 Å². The van der Waals surface area contributed by atoms with E-state index in [1.807, 2.05) is 13.8 Å². The zero-order valence-electron chi connectivity index (χ0n) is 10.9. The molecule has 0 aliphatic carbocycles. The fourth-order valence-corrected chi connectivity index (χ4v) is 2.65. The summed E-state index contributed by atoms with van der Waals surface area (Å²) >= 11 is 6.14. The molecule has 0 aromatic heterocycles. The average molecular weight is 286 g/mol. The second kappa shape index (κ2) is 5.65. The third-order valence-corrected chi connectivity index (χ3v) is 3.59. The lowest BCUT2D eigenvalue weighted by molar-refractivity contribution is -0.385. The summed E-state index contributed by atoms with van der Waals surface area (Å²) in [5, 5.41) is 11.0. The molecule has 0 saturated carbocycles. The molecule has 2 rings (SSSR count). The molecule has 1 heterocycles. The first-order valence-electron chi connectivity index (χ1n) is 6.26. The minimum absolute atomic E-state index is 0.0450. The minimum Gasteiger partial charge on any atom is -0.486 e. The summed E-state index contributed by atoms with van der Waals surface area (Å²) in [6, 6.07) is 3.13. The van der Waals surface area contributed by atoms with Gasteiger partial charge in [-0.25, -0.2) is 0 Å². The van der Waals surface area contributed by atoms with Gasteiger partial charge < -0.3 is 9.47 Å². The summed E-state index contributed by atoms with van der Waals surface area (Å²) < 4.78 is 10.9. The van der Waals surface area contributed by atoms with Crippen LogP contribution in [0.15, 0.2) is 12.1 Å². The Morgan fingerprint density at radius 1 is 1.37 bits per heavy atom. The van der Waals surface area contributed by atoms with Crippen LogP contribution < -0.4 is 9.47 Å². The Morgan fingerprint density at radius 2 is 1.95 bits per heavy atom. The smallest absolute Gasteiger partial charge is 0.276 e. The van der Waals surface area contributed by atoms with Gasteiger partial charge in [0.1, 0.15) is 13.2 Å². The summed E-state index contributed by atoms with van der Waals surface area (Å²) in [5.41, 5.74) is 0.655. The summed E-state index contributed by atoms with van der Waals surface area (Å²) in [6.45, 7) is 4.67. The van der Waals surface area contributed by atoms with Gasteiger partial charge in [0.15, 0.2) is 11.5 Å². The average Bonchev–Trinajstić information content (AvgIpc) is 2.38. The normalized spacial score (nSPS) is 16.8. The highest BCUT2D eigenvalue weighted by Crippen LogP contribution is 2.42. The molecule has 6 heteroatoms. The van der Waals surface area contributed by atoms with E-state index in [4.69, 9.17) is 21.1 Å². The van der Waals surface area contributed by atoms with E-state index >= 15 is 0 Å². The maximum atomic E-state index is 11.2. The third-order valence-electron chi connectivity index (χ3n) is 3.28. The maximum absolute atomic E-state index is 11.2. The minimum atomic E-state index is -0.393. The Hall–Kier alpha value is -1.49. The number of fused-ring (bicyclic) bond motifs is 1. The number of benzene rings is 1. The van der Waals surface area contributed by atoms with Gasteiger partial charge in [0.05, 0.1) is 11.0 Å². The summed E-state index contributed by atoms with van der Waals surface area (Å²) in [7, 11) is 0. The molecule has 0 spiro atoms. The number of halogens is 1. The molecule has 2 atom stereocenters. The number of nitrogens with zero attached hydrogens (tertiary/aromatic N) is 1. The molecule has 1 aliphatic heterocycles. The van der Waals surface area contributed by atoms with Crippen LogP contribution in [0.25, 0.3) is 0 Å². The number of rotatable bonds is 4. The SMILES string of the molecule is CCC(c1cc2c(cc1[N+](=O)[O-])OCCO2)C(C)Cl. The van der Waals surface area contributed by atoms with Crippen LogP contribution in [0.3, 0.4) is 0 Å². The predicted octanol–water partition coefficient (Wildman–Crippen LogP) is 3.49. The fourth-order valence-electron chi connectivity index (χ4n) is 2.34. The Kier molecular flexibility index (Phi) is 4.14. The number of alkyl halides is 1. The summed E-state index contributed by atoms with van der Waals surface area (Å²) in [5.74, 6) is 0.902. The molecule has 1 aliphatic rings. The first-order valence-corrected chi connectivity index (χ1v) is 6.70. The number of nitro groups is 1. The van der Waals surface area contributed by atoms with Gasteiger partial charge >= 0.3 is 0 Å². The number of hydrogen-bond acceptors (Lipinski definition) is 4. The van der Waals surface area contributed by atoms with E-state index in [-0.39, 0.29) is 17.0 Å². The second-order valence-corrected chi connectivity index (χ2v) is 5.19. The molecular formula is C13H16ClNO4. The van der Waals surface area contributed by atoms with E-state index in [0.29, 0.717) is 30.3 Å². The molecule has 5 nitrogen and oxygen atoms in total. The molecule has 0 radical (unpaired) electrons. The monoisotopic (exact) mass is 285 g/mol. The Labute approximate surface area is 116 Å². The molecular weight excluding hydrogens is 270 g/mol. The first kappa shape index (κ1) is 13.9.